The monoisotopic (exact) mass is 324 g/mol. The molecule has 0 spiro atoms. The fraction of sp³-hybridized carbons (Fsp3) is 0.533. The lowest BCUT2D eigenvalue weighted by Gasteiger charge is -2.29. The predicted octanol–water partition coefficient (Wildman–Crippen LogP) is 2.96. The number of carbonyl (C=O) groups excluding carboxylic acids is 1. The number of benzene rings is 1. The molecule has 0 radical (unpaired) electrons. The van der Waals surface area contributed by atoms with Crippen molar-refractivity contribution >= 4 is 21.8 Å². The van der Waals surface area contributed by atoms with Crippen molar-refractivity contribution in [3.05, 3.63) is 33.8 Å². The third-order valence-electron chi connectivity index (χ3n) is 4.14. The van der Waals surface area contributed by atoms with E-state index in [0.29, 0.717) is 18.5 Å². The molecule has 104 valence electrons. The van der Waals surface area contributed by atoms with E-state index in [1.165, 1.54) is 6.42 Å². The number of aryl methyl sites for hydroxylation is 1. The largest absolute Gasteiger partial charge is 0.338 e. The molecule has 2 rings (SSSR count). The Morgan fingerprint density at radius 2 is 2.21 bits per heavy atom. The van der Waals surface area contributed by atoms with Gasteiger partial charge in [0.1, 0.15) is 0 Å². The van der Waals surface area contributed by atoms with E-state index in [-0.39, 0.29) is 5.91 Å². The average Bonchev–Trinajstić information content (AvgIpc) is 2.88. The molecule has 0 heterocycles. The van der Waals surface area contributed by atoms with Crippen LogP contribution < -0.4 is 5.73 Å². The van der Waals surface area contributed by atoms with Crippen LogP contribution in [0.2, 0.25) is 0 Å². The molecule has 19 heavy (non-hydrogen) atoms. The van der Waals surface area contributed by atoms with Crippen molar-refractivity contribution in [1.82, 2.24) is 4.90 Å². The fourth-order valence-corrected chi connectivity index (χ4v) is 3.18. The van der Waals surface area contributed by atoms with E-state index in [1.54, 1.807) is 0 Å². The van der Waals surface area contributed by atoms with Crippen LogP contribution in [0.4, 0.5) is 0 Å². The highest BCUT2D eigenvalue weighted by Gasteiger charge is 2.32. The second-order valence-corrected chi connectivity index (χ2v) is 6.23. The minimum atomic E-state index is 0.0981. The van der Waals surface area contributed by atoms with E-state index in [0.717, 1.165) is 28.4 Å². The number of hydrogen-bond acceptors (Lipinski definition) is 2. The number of nitrogens with zero attached hydrogens (tertiary/aromatic N) is 1. The molecule has 2 unspecified atom stereocenters. The smallest absolute Gasteiger partial charge is 0.253 e. The van der Waals surface area contributed by atoms with Gasteiger partial charge in [0.2, 0.25) is 0 Å². The molecular weight excluding hydrogens is 304 g/mol. The molecule has 1 saturated carbocycles. The molecule has 2 atom stereocenters. The van der Waals surface area contributed by atoms with Gasteiger partial charge in [-0.1, -0.05) is 22.4 Å². The Hall–Kier alpha value is -0.870. The van der Waals surface area contributed by atoms with Crippen molar-refractivity contribution in [3.63, 3.8) is 0 Å². The zero-order valence-electron chi connectivity index (χ0n) is 11.5. The topological polar surface area (TPSA) is 46.3 Å². The molecule has 2 N–H and O–H groups in total. The Balaban J connectivity index is 2.16. The van der Waals surface area contributed by atoms with Gasteiger partial charge in [0.25, 0.3) is 5.91 Å². The summed E-state index contributed by atoms with van der Waals surface area (Å²) in [4.78, 5) is 14.4. The molecule has 1 aliphatic rings. The van der Waals surface area contributed by atoms with E-state index >= 15 is 0 Å². The summed E-state index contributed by atoms with van der Waals surface area (Å²) < 4.78 is 1.03. The third-order valence-corrected chi connectivity index (χ3v) is 5.03. The third kappa shape index (κ3) is 3.00. The summed E-state index contributed by atoms with van der Waals surface area (Å²) in [5.74, 6) is 0.548. The molecule has 1 fully saturated rings. The van der Waals surface area contributed by atoms with Crippen molar-refractivity contribution in [1.29, 1.82) is 0 Å². The van der Waals surface area contributed by atoms with E-state index in [1.807, 2.05) is 37.1 Å². The maximum absolute atomic E-state index is 12.5. The van der Waals surface area contributed by atoms with Crippen LogP contribution in [-0.2, 0) is 0 Å². The second kappa shape index (κ2) is 6.06. The first-order chi connectivity index (χ1) is 9.04. The van der Waals surface area contributed by atoms with Gasteiger partial charge in [0, 0.05) is 23.1 Å². The van der Waals surface area contributed by atoms with Crippen LogP contribution in [0, 0.1) is 12.8 Å². The molecule has 1 aromatic carbocycles. The quantitative estimate of drug-likeness (QED) is 0.929. The summed E-state index contributed by atoms with van der Waals surface area (Å²) in [5, 5.41) is 0. The second-order valence-electron chi connectivity index (χ2n) is 5.37. The summed E-state index contributed by atoms with van der Waals surface area (Å²) in [5.41, 5.74) is 7.64. The van der Waals surface area contributed by atoms with Gasteiger partial charge in [-0.2, -0.15) is 0 Å². The van der Waals surface area contributed by atoms with Crippen LogP contribution in [0.3, 0.4) is 0 Å². The van der Waals surface area contributed by atoms with Gasteiger partial charge in [0.05, 0.1) is 0 Å². The lowest BCUT2D eigenvalue weighted by molar-refractivity contribution is 0.0700. The summed E-state index contributed by atoms with van der Waals surface area (Å²) in [6, 6.07) is 6.05. The number of rotatable bonds is 3. The number of hydrogen-bond donors (Lipinski definition) is 1. The SMILES string of the molecule is Cc1cc(C(=O)N(C)C2CCCC2CN)ccc1Br. The zero-order valence-corrected chi connectivity index (χ0v) is 13.1. The molecule has 1 amide bonds. The Bertz CT molecular complexity index is 475. The van der Waals surface area contributed by atoms with Gasteiger partial charge in [0.15, 0.2) is 0 Å². The molecule has 0 aromatic heterocycles. The van der Waals surface area contributed by atoms with E-state index in [9.17, 15) is 4.79 Å². The Morgan fingerprint density at radius 1 is 1.47 bits per heavy atom. The molecule has 0 aliphatic heterocycles. The zero-order chi connectivity index (χ0) is 14.0. The minimum Gasteiger partial charge on any atom is -0.338 e. The van der Waals surface area contributed by atoms with Crippen molar-refractivity contribution in [2.24, 2.45) is 11.7 Å². The first-order valence-corrected chi connectivity index (χ1v) is 7.57. The molecule has 3 nitrogen and oxygen atoms in total. The highest BCUT2D eigenvalue weighted by atomic mass is 79.9. The van der Waals surface area contributed by atoms with Crippen molar-refractivity contribution < 1.29 is 4.79 Å². The lowest BCUT2D eigenvalue weighted by atomic mass is 10.0. The van der Waals surface area contributed by atoms with E-state index in [2.05, 4.69) is 15.9 Å². The fourth-order valence-electron chi connectivity index (χ4n) is 2.93. The predicted molar refractivity (Wildman–Crippen MR) is 81.2 cm³/mol. The van der Waals surface area contributed by atoms with E-state index in [4.69, 9.17) is 5.73 Å². The standard InChI is InChI=1S/C15H21BrN2O/c1-10-8-11(6-7-13(10)16)15(19)18(2)14-5-3-4-12(14)9-17/h6-8,12,14H,3-5,9,17H2,1-2H3. The minimum absolute atomic E-state index is 0.0981. The van der Waals surface area contributed by atoms with Gasteiger partial charge in [-0.05, 0) is 56.0 Å². The first-order valence-electron chi connectivity index (χ1n) is 6.78. The van der Waals surface area contributed by atoms with Crippen LogP contribution in [0.1, 0.15) is 35.2 Å². The summed E-state index contributed by atoms with van der Waals surface area (Å²) in [7, 11) is 1.90. The highest BCUT2D eigenvalue weighted by Crippen LogP contribution is 2.29. The Morgan fingerprint density at radius 3 is 2.84 bits per heavy atom. The molecule has 0 saturated heterocycles. The lowest BCUT2D eigenvalue weighted by Crippen LogP contribution is -2.41. The van der Waals surface area contributed by atoms with Crippen molar-refractivity contribution in [2.75, 3.05) is 13.6 Å². The number of nitrogens with two attached hydrogens (primary N) is 1. The van der Waals surface area contributed by atoms with Gasteiger partial charge < -0.3 is 10.6 Å². The van der Waals surface area contributed by atoms with Crippen LogP contribution in [0.5, 0.6) is 0 Å². The van der Waals surface area contributed by atoms with Crippen LogP contribution in [-0.4, -0.2) is 30.4 Å². The summed E-state index contributed by atoms with van der Waals surface area (Å²) in [6.07, 6.45) is 3.38. The first kappa shape index (κ1) is 14.5. The maximum Gasteiger partial charge on any atom is 0.253 e. The molecule has 0 bridgehead atoms. The average molecular weight is 325 g/mol. The summed E-state index contributed by atoms with van der Waals surface area (Å²) >= 11 is 3.46. The van der Waals surface area contributed by atoms with Crippen molar-refractivity contribution in [2.45, 2.75) is 32.2 Å². The van der Waals surface area contributed by atoms with Gasteiger partial charge in [-0.3, -0.25) is 4.79 Å². The normalized spacial score (nSPS) is 22.5. The number of amides is 1. The van der Waals surface area contributed by atoms with Crippen LogP contribution in [0.15, 0.2) is 22.7 Å². The molecule has 4 heteroatoms. The Labute approximate surface area is 123 Å². The molecular formula is C15H21BrN2O. The van der Waals surface area contributed by atoms with Gasteiger partial charge >= 0.3 is 0 Å². The Kier molecular flexibility index (Phi) is 4.63. The molecule has 1 aromatic rings. The summed E-state index contributed by atoms with van der Waals surface area (Å²) in [6.45, 7) is 2.67. The van der Waals surface area contributed by atoms with Crippen LogP contribution in [0.25, 0.3) is 0 Å². The van der Waals surface area contributed by atoms with Crippen molar-refractivity contribution in [3.8, 4) is 0 Å². The highest BCUT2D eigenvalue weighted by molar-refractivity contribution is 9.10. The van der Waals surface area contributed by atoms with Gasteiger partial charge in [-0.25, -0.2) is 0 Å². The number of carbonyl (C=O) groups is 1. The van der Waals surface area contributed by atoms with E-state index < -0.39 is 0 Å². The maximum atomic E-state index is 12.5. The molecule has 1 aliphatic carbocycles. The van der Waals surface area contributed by atoms with Crippen LogP contribution >= 0.6 is 15.9 Å². The number of halogens is 1. The van der Waals surface area contributed by atoms with Gasteiger partial charge in [-0.15, -0.1) is 0 Å².